The second kappa shape index (κ2) is 7.76. The summed E-state index contributed by atoms with van der Waals surface area (Å²) in [6.07, 6.45) is 2.59. The quantitative estimate of drug-likeness (QED) is 0.831. The number of piperidine rings is 1. The molecule has 1 heterocycles. The summed E-state index contributed by atoms with van der Waals surface area (Å²) in [5.74, 6) is -3.02. The number of likely N-dealkylation sites (tertiary alicyclic amines) is 1. The van der Waals surface area contributed by atoms with Crippen LogP contribution in [0.15, 0.2) is 0 Å². The summed E-state index contributed by atoms with van der Waals surface area (Å²) in [7, 11) is 3.20. The van der Waals surface area contributed by atoms with Crippen molar-refractivity contribution in [3.05, 3.63) is 0 Å². The van der Waals surface area contributed by atoms with Gasteiger partial charge in [-0.3, -0.25) is 9.59 Å². The highest BCUT2D eigenvalue weighted by atomic mass is 19.3. The van der Waals surface area contributed by atoms with Crippen LogP contribution < -0.4 is 5.32 Å². The molecule has 2 rings (SSSR count). The van der Waals surface area contributed by atoms with Gasteiger partial charge in [0.15, 0.2) is 0 Å². The lowest BCUT2D eigenvalue weighted by atomic mass is 9.83. The van der Waals surface area contributed by atoms with E-state index in [-0.39, 0.29) is 43.4 Å². The molecule has 0 aromatic rings. The van der Waals surface area contributed by atoms with E-state index in [0.29, 0.717) is 25.9 Å². The molecule has 2 fully saturated rings. The van der Waals surface area contributed by atoms with E-state index in [1.54, 1.807) is 19.1 Å². The Morgan fingerprint density at radius 3 is 2.50 bits per heavy atom. The number of ether oxygens (including phenoxy) is 1. The Morgan fingerprint density at radius 2 is 1.92 bits per heavy atom. The number of nitrogens with zero attached hydrogens (tertiary/aromatic N) is 1. The fraction of sp³-hybridized carbons (Fsp3) is 0.882. The first-order chi connectivity index (χ1) is 11.3. The lowest BCUT2D eigenvalue weighted by Crippen LogP contribution is -2.53. The van der Waals surface area contributed by atoms with Gasteiger partial charge in [0.05, 0.1) is 5.60 Å². The summed E-state index contributed by atoms with van der Waals surface area (Å²) in [6.45, 7) is 1.07. The third-order valence-electron chi connectivity index (χ3n) is 5.44. The lowest BCUT2D eigenvalue weighted by Gasteiger charge is -2.43. The van der Waals surface area contributed by atoms with Crippen molar-refractivity contribution in [1.82, 2.24) is 10.2 Å². The van der Waals surface area contributed by atoms with Crippen LogP contribution in [0.25, 0.3) is 0 Å². The molecular formula is C17H28F2N2O3. The number of hydrogen-bond donors (Lipinski definition) is 1. The summed E-state index contributed by atoms with van der Waals surface area (Å²) >= 11 is 0. The summed E-state index contributed by atoms with van der Waals surface area (Å²) < 4.78 is 32.3. The largest absolute Gasteiger partial charge is 0.376 e. The highest BCUT2D eigenvalue weighted by molar-refractivity contribution is 5.79. The van der Waals surface area contributed by atoms with E-state index in [2.05, 4.69) is 5.32 Å². The monoisotopic (exact) mass is 346 g/mol. The van der Waals surface area contributed by atoms with Crippen LogP contribution in [0.1, 0.15) is 51.4 Å². The molecule has 1 saturated carbocycles. The molecular weight excluding hydrogens is 318 g/mol. The van der Waals surface area contributed by atoms with Gasteiger partial charge in [0.25, 0.3) is 0 Å². The molecule has 7 heteroatoms. The van der Waals surface area contributed by atoms with Gasteiger partial charge >= 0.3 is 0 Å². The molecule has 0 radical (unpaired) electrons. The van der Waals surface area contributed by atoms with Crippen molar-refractivity contribution in [3.8, 4) is 0 Å². The summed E-state index contributed by atoms with van der Waals surface area (Å²) in [6, 6.07) is 0. The van der Waals surface area contributed by atoms with Crippen molar-refractivity contribution in [2.75, 3.05) is 27.2 Å². The molecule has 1 unspecified atom stereocenters. The molecule has 0 aromatic carbocycles. The van der Waals surface area contributed by atoms with Crippen molar-refractivity contribution < 1.29 is 23.1 Å². The Hall–Kier alpha value is -1.24. The van der Waals surface area contributed by atoms with E-state index in [1.807, 2.05) is 0 Å². The molecule has 1 atom stereocenters. The number of nitrogens with one attached hydrogen (secondary N) is 1. The van der Waals surface area contributed by atoms with Gasteiger partial charge in [-0.15, -0.1) is 0 Å². The molecule has 0 spiro atoms. The minimum absolute atomic E-state index is 0.0356. The van der Waals surface area contributed by atoms with Crippen LogP contribution in [-0.4, -0.2) is 55.5 Å². The fourth-order valence-electron chi connectivity index (χ4n) is 3.77. The van der Waals surface area contributed by atoms with Gasteiger partial charge in [-0.05, 0) is 32.1 Å². The Kier molecular flexibility index (Phi) is 6.17. The number of alkyl halides is 2. The number of hydrogen-bond acceptors (Lipinski definition) is 3. The predicted octanol–water partition coefficient (Wildman–Crippen LogP) is 2.35. The van der Waals surface area contributed by atoms with Crippen molar-refractivity contribution in [3.63, 3.8) is 0 Å². The SMILES string of the molecule is CNC(=O)CCC1(OC)CCCN(C(=O)C2CCC(F)(F)CC2)C1. The van der Waals surface area contributed by atoms with Crippen LogP contribution in [0, 0.1) is 5.92 Å². The van der Waals surface area contributed by atoms with E-state index >= 15 is 0 Å². The zero-order chi connectivity index (χ0) is 17.8. The molecule has 1 N–H and O–H groups in total. The Labute approximate surface area is 142 Å². The van der Waals surface area contributed by atoms with E-state index in [1.165, 1.54) is 0 Å². The number of methoxy groups -OCH3 is 1. The lowest BCUT2D eigenvalue weighted by molar-refractivity contribution is -0.149. The second-order valence-electron chi connectivity index (χ2n) is 7.05. The van der Waals surface area contributed by atoms with E-state index in [0.717, 1.165) is 12.8 Å². The maximum atomic E-state index is 13.3. The third-order valence-corrected chi connectivity index (χ3v) is 5.44. The van der Waals surface area contributed by atoms with Crippen LogP contribution in [0.5, 0.6) is 0 Å². The first-order valence-electron chi connectivity index (χ1n) is 8.73. The molecule has 1 saturated heterocycles. The first-order valence-corrected chi connectivity index (χ1v) is 8.73. The van der Waals surface area contributed by atoms with Gasteiger partial charge in [0.2, 0.25) is 17.7 Å². The summed E-state index contributed by atoms with van der Waals surface area (Å²) in [4.78, 5) is 26.0. The Bertz CT molecular complexity index is 463. The minimum Gasteiger partial charge on any atom is -0.376 e. The number of carbonyl (C=O) groups is 2. The zero-order valence-corrected chi connectivity index (χ0v) is 14.6. The highest BCUT2D eigenvalue weighted by Gasteiger charge is 2.42. The Morgan fingerprint density at radius 1 is 1.25 bits per heavy atom. The number of rotatable bonds is 5. The number of amides is 2. The molecule has 5 nitrogen and oxygen atoms in total. The zero-order valence-electron chi connectivity index (χ0n) is 14.6. The van der Waals surface area contributed by atoms with Crippen molar-refractivity contribution in [2.24, 2.45) is 5.92 Å². The van der Waals surface area contributed by atoms with Crippen LogP contribution >= 0.6 is 0 Å². The topological polar surface area (TPSA) is 58.6 Å². The predicted molar refractivity (Wildman–Crippen MR) is 85.8 cm³/mol. The first kappa shape index (κ1) is 19.1. The van der Waals surface area contributed by atoms with Crippen molar-refractivity contribution in [1.29, 1.82) is 0 Å². The Balaban J connectivity index is 1.95. The second-order valence-corrected chi connectivity index (χ2v) is 7.05. The van der Waals surface area contributed by atoms with E-state index in [4.69, 9.17) is 4.74 Å². The molecule has 2 amide bonds. The molecule has 138 valence electrons. The average molecular weight is 346 g/mol. The highest BCUT2D eigenvalue weighted by Crippen LogP contribution is 2.38. The van der Waals surface area contributed by atoms with E-state index < -0.39 is 11.5 Å². The smallest absolute Gasteiger partial charge is 0.248 e. The molecule has 2 aliphatic rings. The molecule has 0 bridgehead atoms. The van der Waals surface area contributed by atoms with Gasteiger partial charge < -0.3 is 15.0 Å². The van der Waals surface area contributed by atoms with E-state index in [9.17, 15) is 18.4 Å². The number of carbonyl (C=O) groups excluding carboxylic acids is 2. The average Bonchev–Trinajstić information content (AvgIpc) is 2.59. The molecule has 1 aliphatic heterocycles. The third kappa shape index (κ3) is 4.65. The number of halogens is 2. The fourth-order valence-corrected chi connectivity index (χ4v) is 3.77. The standard InChI is InChI=1S/C17H28F2N2O3/c1-20-14(22)6-8-16(24-2)7-3-11-21(12-16)15(23)13-4-9-17(18,19)10-5-13/h13H,3-12H2,1-2H3,(H,20,22). The van der Waals surface area contributed by atoms with Crippen LogP contribution in [0.4, 0.5) is 8.78 Å². The van der Waals surface area contributed by atoms with Gasteiger partial charge in [0.1, 0.15) is 0 Å². The maximum Gasteiger partial charge on any atom is 0.248 e. The van der Waals surface area contributed by atoms with Crippen molar-refractivity contribution in [2.45, 2.75) is 62.9 Å². The maximum absolute atomic E-state index is 13.3. The van der Waals surface area contributed by atoms with Gasteiger partial charge in [-0.25, -0.2) is 8.78 Å². The van der Waals surface area contributed by atoms with Crippen molar-refractivity contribution >= 4 is 11.8 Å². The van der Waals surface area contributed by atoms with Gasteiger partial charge in [0, 0.05) is 52.4 Å². The van der Waals surface area contributed by atoms with Crippen LogP contribution in [0.2, 0.25) is 0 Å². The summed E-state index contributed by atoms with van der Waals surface area (Å²) in [5.41, 5.74) is -0.515. The summed E-state index contributed by atoms with van der Waals surface area (Å²) in [5, 5.41) is 2.59. The molecule has 1 aliphatic carbocycles. The van der Waals surface area contributed by atoms with Crippen LogP contribution in [0.3, 0.4) is 0 Å². The normalized spacial score (nSPS) is 27.8. The van der Waals surface area contributed by atoms with Gasteiger partial charge in [-0.1, -0.05) is 0 Å². The minimum atomic E-state index is -2.62. The molecule has 0 aromatic heterocycles. The van der Waals surface area contributed by atoms with Gasteiger partial charge in [-0.2, -0.15) is 0 Å². The molecule has 24 heavy (non-hydrogen) atoms. The van der Waals surface area contributed by atoms with Crippen LogP contribution in [-0.2, 0) is 14.3 Å².